The van der Waals surface area contributed by atoms with Crippen LogP contribution in [0, 0.1) is 0 Å². The molecule has 1 saturated heterocycles. The highest BCUT2D eigenvalue weighted by atomic mass is 32.2. The number of aryl methyl sites for hydroxylation is 1. The van der Waals surface area contributed by atoms with Gasteiger partial charge in [0.25, 0.3) is 5.24 Å². The van der Waals surface area contributed by atoms with E-state index in [0.29, 0.717) is 25.2 Å². The van der Waals surface area contributed by atoms with Gasteiger partial charge in [-0.3, -0.25) is 19.7 Å². The fourth-order valence-corrected chi connectivity index (χ4v) is 5.39. The van der Waals surface area contributed by atoms with Gasteiger partial charge in [-0.05, 0) is 74.1 Å². The minimum absolute atomic E-state index is 0.180. The molecule has 0 saturated carbocycles. The molecule has 1 N–H and O–H groups in total. The van der Waals surface area contributed by atoms with Gasteiger partial charge in [0.05, 0.1) is 11.9 Å². The van der Waals surface area contributed by atoms with Gasteiger partial charge in [0, 0.05) is 12.8 Å². The molecule has 2 aromatic carbocycles. The number of nitrogens with one attached hydrogen (secondary N) is 1. The van der Waals surface area contributed by atoms with Gasteiger partial charge in [-0.2, -0.15) is 0 Å². The van der Waals surface area contributed by atoms with Gasteiger partial charge in [0.15, 0.2) is 0 Å². The summed E-state index contributed by atoms with van der Waals surface area (Å²) in [4.78, 5) is 35.2. The number of hydrogen-bond acceptors (Lipinski definition) is 7. The Balaban J connectivity index is 1.22. The van der Waals surface area contributed by atoms with Gasteiger partial charge in [-0.1, -0.05) is 50.1 Å². The van der Waals surface area contributed by atoms with Crippen LogP contribution in [-0.4, -0.2) is 34.6 Å². The molecule has 0 bridgehead atoms. The van der Waals surface area contributed by atoms with Crippen LogP contribution >= 0.6 is 11.8 Å². The van der Waals surface area contributed by atoms with Crippen molar-refractivity contribution in [1.29, 1.82) is 0 Å². The van der Waals surface area contributed by atoms with Crippen molar-refractivity contribution in [2.45, 2.75) is 82.5 Å². The third-order valence-corrected chi connectivity index (χ3v) is 7.77. The summed E-state index contributed by atoms with van der Waals surface area (Å²) in [6, 6.07) is 13.2. The van der Waals surface area contributed by atoms with Crippen LogP contribution in [0.25, 0.3) is 0 Å². The molecular weight excluding hydrogens is 490 g/mol. The molecule has 2 aliphatic heterocycles. The standard InChI is InChI=1S/C29H35NO6S/c1-3-4-5-6-7-26(31)35-23-12-13-24-21(19-23)14-15-29(2,36-24)16-17-34-22-10-8-20(9-11-22)18-25-27(32)30-28(33)37-25/h8-13,19,25H,3-7,14-18H2,1-2H3,(H,30,32,33). The minimum Gasteiger partial charge on any atom is -0.493 e. The maximum Gasteiger partial charge on any atom is 0.311 e. The summed E-state index contributed by atoms with van der Waals surface area (Å²) in [6.07, 6.45) is 7.58. The summed E-state index contributed by atoms with van der Waals surface area (Å²) < 4.78 is 17.8. The Labute approximate surface area is 222 Å². The van der Waals surface area contributed by atoms with E-state index in [0.717, 1.165) is 79.3 Å². The molecule has 2 atom stereocenters. The first-order valence-corrected chi connectivity index (χ1v) is 14.0. The van der Waals surface area contributed by atoms with E-state index in [1.165, 1.54) is 0 Å². The summed E-state index contributed by atoms with van der Waals surface area (Å²) in [5.74, 6) is 1.75. The van der Waals surface area contributed by atoms with Gasteiger partial charge < -0.3 is 14.2 Å². The zero-order chi connectivity index (χ0) is 26.3. The quantitative estimate of drug-likeness (QED) is 0.206. The molecule has 0 spiro atoms. The molecule has 2 heterocycles. The van der Waals surface area contributed by atoms with Crippen molar-refractivity contribution < 1.29 is 28.6 Å². The van der Waals surface area contributed by atoms with E-state index in [4.69, 9.17) is 14.2 Å². The maximum absolute atomic E-state index is 12.1. The number of unbranched alkanes of at least 4 members (excludes halogenated alkanes) is 3. The lowest BCUT2D eigenvalue weighted by molar-refractivity contribution is -0.134. The third-order valence-electron chi connectivity index (χ3n) is 6.79. The molecule has 0 aliphatic carbocycles. The lowest BCUT2D eigenvalue weighted by atomic mass is 9.90. The Bertz CT molecular complexity index is 1120. The van der Waals surface area contributed by atoms with Crippen molar-refractivity contribution in [3.63, 3.8) is 0 Å². The number of benzene rings is 2. The number of hydrogen-bond donors (Lipinski definition) is 1. The van der Waals surface area contributed by atoms with Gasteiger partial charge in [0.1, 0.15) is 22.8 Å². The monoisotopic (exact) mass is 525 g/mol. The number of imide groups is 1. The van der Waals surface area contributed by atoms with Crippen molar-refractivity contribution in [1.82, 2.24) is 5.32 Å². The zero-order valence-corrected chi connectivity index (χ0v) is 22.4. The topological polar surface area (TPSA) is 90.9 Å². The molecule has 2 amide bonds. The number of carbonyl (C=O) groups excluding carboxylic acids is 3. The van der Waals surface area contributed by atoms with E-state index in [2.05, 4.69) is 19.2 Å². The van der Waals surface area contributed by atoms with Crippen molar-refractivity contribution >= 4 is 28.9 Å². The van der Waals surface area contributed by atoms with E-state index >= 15 is 0 Å². The maximum atomic E-state index is 12.1. The largest absolute Gasteiger partial charge is 0.493 e. The number of ether oxygens (including phenoxy) is 3. The predicted molar refractivity (Wildman–Crippen MR) is 143 cm³/mol. The molecular formula is C29H35NO6S. The summed E-state index contributed by atoms with van der Waals surface area (Å²) >= 11 is 1.04. The minimum atomic E-state index is -0.371. The molecule has 4 rings (SSSR count). The lowest BCUT2D eigenvalue weighted by Gasteiger charge is -2.36. The van der Waals surface area contributed by atoms with E-state index < -0.39 is 0 Å². The molecule has 198 valence electrons. The van der Waals surface area contributed by atoms with E-state index in [1.807, 2.05) is 36.4 Å². The van der Waals surface area contributed by atoms with Crippen molar-refractivity contribution in [3.8, 4) is 17.2 Å². The second-order valence-corrected chi connectivity index (χ2v) is 11.1. The van der Waals surface area contributed by atoms with Crippen molar-refractivity contribution in [3.05, 3.63) is 53.6 Å². The second kappa shape index (κ2) is 12.5. The zero-order valence-electron chi connectivity index (χ0n) is 21.5. The smallest absolute Gasteiger partial charge is 0.311 e. The normalized spacial score (nSPS) is 20.6. The number of amides is 2. The highest BCUT2D eigenvalue weighted by Crippen LogP contribution is 2.37. The molecule has 2 unspecified atom stereocenters. The summed E-state index contributed by atoms with van der Waals surface area (Å²) in [5, 5.41) is 1.66. The van der Waals surface area contributed by atoms with Crippen LogP contribution in [0.2, 0.25) is 0 Å². The van der Waals surface area contributed by atoms with Crippen LogP contribution in [0.5, 0.6) is 17.2 Å². The molecule has 8 heteroatoms. The van der Waals surface area contributed by atoms with Crippen LogP contribution in [0.3, 0.4) is 0 Å². The summed E-state index contributed by atoms with van der Waals surface area (Å²) in [7, 11) is 0. The molecule has 7 nitrogen and oxygen atoms in total. The number of thioether (sulfide) groups is 1. The van der Waals surface area contributed by atoms with Crippen LogP contribution in [0.4, 0.5) is 4.79 Å². The van der Waals surface area contributed by atoms with Crippen LogP contribution in [0.15, 0.2) is 42.5 Å². The van der Waals surface area contributed by atoms with Crippen LogP contribution < -0.4 is 19.5 Å². The van der Waals surface area contributed by atoms with Crippen LogP contribution in [-0.2, 0) is 22.4 Å². The fourth-order valence-electron chi connectivity index (χ4n) is 4.53. The van der Waals surface area contributed by atoms with Gasteiger partial charge in [-0.25, -0.2) is 0 Å². The predicted octanol–water partition coefficient (Wildman–Crippen LogP) is 6.01. The lowest BCUT2D eigenvalue weighted by Crippen LogP contribution is -2.37. The fraction of sp³-hybridized carbons (Fsp3) is 0.483. The average Bonchev–Trinajstić information content (AvgIpc) is 3.19. The Morgan fingerprint density at radius 1 is 1.11 bits per heavy atom. The SMILES string of the molecule is CCCCCCC(=O)Oc1ccc2c(c1)CCC(C)(CCOc1ccc(CC3SC(=O)NC3=O)cc1)O2. The molecule has 37 heavy (non-hydrogen) atoms. The number of esters is 1. The van der Waals surface area contributed by atoms with E-state index in [9.17, 15) is 14.4 Å². The van der Waals surface area contributed by atoms with Crippen molar-refractivity contribution in [2.75, 3.05) is 6.61 Å². The highest BCUT2D eigenvalue weighted by Gasteiger charge is 2.32. The first kappa shape index (κ1) is 27.0. The van der Waals surface area contributed by atoms with Crippen LogP contribution in [0.1, 0.15) is 69.9 Å². The Morgan fingerprint density at radius 2 is 1.89 bits per heavy atom. The van der Waals surface area contributed by atoms with Crippen molar-refractivity contribution in [2.24, 2.45) is 0 Å². The summed E-state index contributed by atoms with van der Waals surface area (Å²) in [6.45, 7) is 4.75. The van der Waals surface area contributed by atoms with E-state index in [1.54, 1.807) is 6.07 Å². The highest BCUT2D eigenvalue weighted by molar-refractivity contribution is 8.15. The Hall–Kier alpha value is -3.00. The van der Waals surface area contributed by atoms with Gasteiger partial charge in [-0.15, -0.1) is 0 Å². The Kier molecular flexibility index (Phi) is 9.14. The third kappa shape index (κ3) is 7.74. The first-order chi connectivity index (χ1) is 17.8. The molecule has 1 fully saturated rings. The first-order valence-electron chi connectivity index (χ1n) is 13.1. The number of fused-ring (bicyclic) bond motifs is 1. The molecule has 0 radical (unpaired) electrons. The average molecular weight is 526 g/mol. The van der Waals surface area contributed by atoms with Gasteiger partial charge in [0.2, 0.25) is 5.91 Å². The second-order valence-electron chi connectivity index (χ2n) is 9.94. The van der Waals surface area contributed by atoms with E-state index in [-0.39, 0.29) is 28.0 Å². The molecule has 2 aromatic rings. The summed E-state index contributed by atoms with van der Waals surface area (Å²) in [5.41, 5.74) is 1.70. The Morgan fingerprint density at radius 3 is 2.62 bits per heavy atom. The number of rotatable bonds is 12. The number of carbonyl (C=O) groups is 3. The molecule has 2 aliphatic rings. The van der Waals surface area contributed by atoms with Gasteiger partial charge >= 0.3 is 5.97 Å². The molecule has 0 aromatic heterocycles.